The zero-order valence-corrected chi connectivity index (χ0v) is 19.3. The molecule has 3 aromatic carbocycles. The van der Waals surface area contributed by atoms with Crippen molar-refractivity contribution in [2.24, 2.45) is 5.10 Å². The Bertz CT molecular complexity index is 1320. The van der Waals surface area contributed by atoms with Gasteiger partial charge in [-0.15, -0.1) is 0 Å². The molecule has 1 N–H and O–H groups in total. The van der Waals surface area contributed by atoms with E-state index in [1.165, 1.54) is 0 Å². The van der Waals surface area contributed by atoms with Crippen molar-refractivity contribution in [3.63, 3.8) is 0 Å². The minimum absolute atomic E-state index is 0.352. The summed E-state index contributed by atoms with van der Waals surface area (Å²) in [5, 5.41) is 6.80. The minimum Gasteiger partial charge on any atom is -0.267 e. The lowest BCUT2D eigenvalue weighted by Gasteiger charge is -2.10. The Labute approximate surface area is 200 Å². The number of rotatable bonds is 5. The van der Waals surface area contributed by atoms with Gasteiger partial charge in [-0.2, -0.15) is 5.10 Å². The number of benzene rings is 3. The van der Waals surface area contributed by atoms with Crippen LogP contribution in [0.15, 0.2) is 77.9 Å². The molecule has 0 aliphatic carbocycles. The van der Waals surface area contributed by atoms with Crippen molar-refractivity contribution in [2.75, 3.05) is 0 Å². The van der Waals surface area contributed by atoms with Crippen LogP contribution in [0.5, 0.6) is 0 Å². The predicted octanol–water partition coefficient (Wildman–Crippen LogP) is 7.41. The first-order valence-electron chi connectivity index (χ1n) is 9.93. The maximum absolute atomic E-state index is 13.2. The van der Waals surface area contributed by atoms with Crippen LogP contribution in [0.4, 0.5) is 0 Å². The molecule has 0 fully saturated rings. The molecule has 4 rings (SSSR count). The van der Waals surface area contributed by atoms with E-state index in [0.29, 0.717) is 43.6 Å². The number of nitrogens with zero attached hydrogens (tertiary/aromatic N) is 2. The summed E-state index contributed by atoms with van der Waals surface area (Å²) in [5.74, 6) is -0.352. The Morgan fingerprint density at radius 1 is 0.875 bits per heavy atom. The van der Waals surface area contributed by atoms with Gasteiger partial charge < -0.3 is 0 Å². The Kier molecular flexibility index (Phi) is 6.75. The molecule has 1 amide bonds. The number of halogens is 3. The zero-order valence-electron chi connectivity index (χ0n) is 17.1. The molecule has 0 spiro atoms. The van der Waals surface area contributed by atoms with Gasteiger partial charge in [0.15, 0.2) is 0 Å². The van der Waals surface area contributed by atoms with Gasteiger partial charge in [0.05, 0.1) is 22.5 Å². The fraction of sp³-hybridized carbons (Fsp3) is 0.0800. The van der Waals surface area contributed by atoms with Gasteiger partial charge in [0.2, 0.25) is 0 Å². The minimum atomic E-state index is -0.352. The zero-order chi connectivity index (χ0) is 22.7. The quantitative estimate of drug-likeness (QED) is 0.238. The maximum atomic E-state index is 13.2. The first-order chi connectivity index (χ1) is 15.4. The van der Waals surface area contributed by atoms with Crippen molar-refractivity contribution in [1.29, 1.82) is 0 Å². The number of hydrazone groups is 1. The highest BCUT2D eigenvalue weighted by molar-refractivity contribution is 6.32. The normalized spacial score (nSPS) is 11.6. The highest BCUT2D eigenvalue weighted by atomic mass is 35.5. The number of aromatic nitrogens is 1. The number of amides is 1. The molecule has 1 heterocycles. The second-order valence-electron chi connectivity index (χ2n) is 7.08. The number of nitrogens with one attached hydrogen (secondary N) is 1. The monoisotopic (exact) mass is 481 g/mol. The van der Waals surface area contributed by atoms with Crippen LogP contribution in [0.3, 0.4) is 0 Å². The van der Waals surface area contributed by atoms with Gasteiger partial charge >= 0.3 is 0 Å². The van der Waals surface area contributed by atoms with E-state index in [2.05, 4.69) is 10.5 Å². The molecule has 7 heteroatoms. The number of hydrogen-bond acceptors (Lipinski definition) is 3. The van der Waals surface area contributed by atoms with Gasteiger partial charge in [-0.25, -0.2) is 10.4 Å². The molecule has 0 atom stereocenters. The van der Waals surface area contributed by atoms with Crippen LogP contribution in [0.25, 0.3) is 22.2 Å². The largest absolute Gasteiger partial charge is 0.272 e. The van der Waals surface area contributed by atoms with Crippen LogP contribution in [-0.2, 0) is 0 Å². The Morgan fingerprint density at radius 3 is 2.16 bits per heavy atom. The lowest BCUT2D eigenvalue weighted by Crippen LogP contribution is -2.20. The molecule has 4 nitrogen and oxygen atoms in total. The molecule has 32 heavy (non-hydrogen) atoms. The molecule has 0 aliphatic heterocycles. The van der Waals surface area contributed by atoms with Crippen LogP contribution < -0.4 is 5.43 Å². The van der Waals surface area contributed by atoms with Crippen molar-refractivity contribution < 1.29 is 4.79 Å². The van der Waals surface area contributed by atoms with Crippen molar-refractivity contribution in [3.05, 3.63) is 99.0 Å². The van der Waals surface area contributed by atoms with Crippen LogP contribution in [0.2, 0.25) is 15.1 Å². The van der Waals surface area contributed by atoms with Crippen molar-refractivity contribution in [2.45, 2.75) is 13.3 Å². The highest BCUT2D eigenvalue weighted by Gasteiger charge is 2.15. The SMILES string of the molecule is CC/C(=N\NC(=O)c1cc(-c2ccc(Cl)cc2)nc2ccc(Cl)cc12)c1ccc(Cl)cc1. The van der Waals surface area contributed by atoms with Gasteiger partial charge in [-0.1, -0.05) is 66.0 Å². The molecular weight excluding hydrogens is 465 g/mol. The molecular formula is C25H18Cl3N3O. The van der Waals surface area contributed by atoms with Crippen LogP contribution in [0, 0.1) is 0 Å². The number of carbonyl (C=O) groups is 1. The summed E-state index contributed by atoms with van der Waals surface area (Å²) >= 11 is 18.2. The summed E-state index contributed by atoms with van der Waals surface area (Å²) in [6.07, 6.45) is 0.640. The fourth-order valence-electron chi connectivity index (χ4n) is 3.32. The lowest BCUT2D eigenvalue weighted by molar-refractivity contribution is 0.0956. The summed E-state index contributed by atoms with van der Waals surface area (Å²) in [6.45, 7) is 1.97. The number of pyridine rings is 1. The maximum Gasteiger partial charge on any atom is 0.272 e. The second-order valence-corrected chi connectivity index (χ2v) is 8.39. The number of carbonyl (C=O) groups excluding carboxylic acids is 1. The van der Waals surface area contributed by atoms with E-state index in [1.54, 1.807) is 48.5 Å². The Hall–Kier alpha value is -2.92. The Balaban J connectivity index is 1.74. The van der Waals surface area contributed by atoms with E-state index in [4.69, 9.17) is 39.8 Å². The topological polar surface area (TPSA) is 54.4 Å². The summed E-state index contributed by atoms with van der Waals surface area (Å²) in [4.78, 5) is 17.9. The van der Waals surface area contributed by atoms with Crippen molar-refractivity contribution in [3.8, 4) is 11.3 Å². The first-order valence-corrected chi connectivity index (χ1v) is 11.1. The van der Waals surface area contributed by atoms with E-state index in [-0.39, 0.29) is 5.91 Å². The summed E-state index contributed by atoms with van der Waals surface area (Å²) in [7, 11) is 0. The average molecular weight is 483 g/mol. The molecule has 0 saturated heterocycles. The van der Waals surface area contributed by atoms with Gasteiger partial charge in [0, 0.05) is 26.0 Å². The summed E-state index contributed by atoms with van der Waals surface area (Å²) in [6, 6.07) is 21.6. The van der Waals surface area contributed by atoms with Gasteiger partial charge in [0.1, 0.15) is 0 Å². The van der Waals surface area contributed by atoms with Crippen molar-refractivity contribution >= 4 is 57.3 Å². The molecule has 1 aromatic heterocycles. The molecule has 0 radical (unpaired) electrons. The van der Waals surface area contributed by atoms with E-state index in [9.17, 15) is 4.79 Å². The predicted molar refractivity (Wildman–Crippen MR) is 133 cm³/mol. The van der Waals surface area contributed by atoms with Gasteiger partial charge in [0.25, 0.3) is 5.91 Å². The molecule has 0 unspecified atom stereocenters. The lowest BCUT2D eigenvalue weighted by atomic mass is 10.0. The first kappa shape index (κ1) is 22.3. The average Bonchev–Trinajstić information content (AvgIpc) is 2.80. The highest BCUT2D eigenvalue weighted by Crippen LogP contribution is 2.28. The van der Waals surface area contributed by atoms with E-state index in [0.717, 1.165) is 16.8 Å². The molecule has 4 aromatic rings. The summed E-state index contributed by atoms with van der Waals surface area (Å²) < 4.78 is 0. The Morgan fingerprint density at radius 2 is 1.50 bits per heavy atom. The standard InChI is InChI=1S/C25H18Cl3N3O/c1-2-22(15-3-7-17(26)8-4-15)30-31-25(32)21-14-24(16-5-9-18(27)10-6-16)29-23-12-11-19(28)13-20(21)23/h3-14H,2H2,1H3,(H,31,32)/b30-22+. The van der Waals surface area contributed by atoms with E-state index in [1.807, 2.05) is 31.2 Å². The van der Waals surface area contributed by atoms with Crippen LogP contribution in [-0.4, -0.2) is 16.6 Å². The van der Waals surface area contributed by atoms with E-state index >= 15 is 0 Å². The van der Waals surface area contributed by atoms with E-state index < -0.39 is 0 Å². The van der Waals surface area contributed by atoms with Crippen molar-refractivity contribution in [1.82, 2.24) is 10.4 Å². The number of hydrogen-bond donors (Lipinski definition) is 1. The van der Waals surface area contributed by atoms with Gasteiger partial charge in [-0.05, 0) is 60.5 Å². The number of fused-ring (bicyclic) bond motifs is 1. The second kappa shape index (κ2) is 9.70. The third-order valence-corrected chi connectivity index (χ3v) is 5.70. The molecule has 0 aliphatic rings. The van der Waals surface area contributed by atoms with Crippen LogP contribution in [0.1, 0.15) is 29.3 Å². The fourth-order valence-corrected chi connectivity index (χ4v) is 3.75. The molecule has 160 valence electrons. The third-order valence-electron chi connectivity index (χ3n) is 4.96. The third kappa shape index (κ3) is 4.94. The molecule has 0 saturated carbocycles. The summed E-state index contributed by atoms with van der Waals surface area (Å²) in [5.41, 5.74) is 6.90. The smallest absolute Gasteiger partial charge is 0.267 e. The van der Waals surface area contributed by atoms with Crippen LogP contribution >= 0.6 is 34.8 Å². The molecule has 0 bridgehead atoms. The van der Waals surface area contributed by atoms with Gasteiger partial charge in [-0.3, -0.25) is 4.79 Å².